The molecule has 4 nitrogen and oxygen atoms in total. The predicted octanol–water partition coefficient (Wildman–Crippen LogP) is 2.85. The second kappa shape index (κ2) is 7.77. The Kier molecular flexibility index (Phi) is 5.72. The summed E-state index contributed by atoms with van der Waals surface area (Å²) >= 11 is 1.67. The maximum absolute atomic E-state index is 12.9. The summed E-state index contributed by atoms with van der Waals surface area (Å²) in [6.45, 7) is 1.32. The summed E-state index contributed by atoms with van der Waals surface area (Å²) in [5.41, 5.74) is -0.388. The Morgan fingerprint density at radius 2 is 2.17 bits per heavy atom. The van der Waals surface area contributed by atoms with Crippen LogP contribution in [0.2, 0.25) is 0 Å². The van der Waals surface area contributed by atoms with Crippen LogP contribution in [-0.4, -0.2) is 36.9 Å². The number of carbonyl (C=O) groups excluding carboxylic acids is 1. The summed E-state index contributed by atoms with van der Waals surface area (Å²) in [6, 6.07) is 4.09. The molecule has 128 valence electrons. The predicted molar refractivity (Wildman–Crippen MR) is 91.6 cm³/mol. The van der Waals surface area contributed by atoms with Crippen LogP contribution >= 0.6 is 11.3 Å². The van der Waals surface area contributed by atoms with Gasteiger partial charge in [-0.25, -0.2) is 0 Å². The first-order valence-electron chi connectivity index (χ1n) is 8.79. The zero-order chi connectivity index (χ0) is 16.1. The minimum absolute atomic E-state index is 0.0703. The molecule has 2 saturated carbocycles. The van der Waals surface area contributed by atoms with E-state index in [1.54, 1.807) is 11.3 Å². The molecule has 2 N–H and O–H groups in total. The molecule has 1 aromatic heterocycles. The fraction of sp³-hybridized carbons (Fsp3) is 0.722. The number of rotatable bonds is 8. The lowest BCUT2D eigenvalue weighted by Crippen LogP contribution is -2.47. The van der Waals surface area contributed by atoms with E-state index in [4.69, 9.17) is 4.74 Å². The largest absolute Gasteiger partial charge is 0.389 e. The number of thiophene rings is 1. The summed E-state index contributed by atoms with van der Waals surface area (Å²) in [5, 5.41) is 15.0. The monoisotopic (exact) mass is 337 g/mol. The summed E-state index contributed by atoms with van der Waals surface area (Å²) in [7, 11) is 0. The van der Waals surface area contributed by atoms with Gasteiger partial charge in [0.05, 0.1) is 18.1 Å². The average molecular weight is 337 g/mol. The SMILES string of the molecule is O=C(NCC(O)COCC1CC1)C1(c2cccs2)CCCCC1. The number of ether oxygens (including phenoxy) is 1. The summed E-state index contributed by atoms with van der Waals surface area (Å²) in [4.78, 5) is 14.0. The van der Waals surface area contributed by atoms with E-state index in [1.165, 1.54) is 19.3 Å². The maximum Gasteiger partial charge on any atom is 0.231 e. The molecule has 1 heterocycles. The molecule has 3 rings (SSSR count). The van der Waals surface area contributed by atoms with E-state index in [1.807, 2.05) is 11.4 Å². The van der Waals surface area contributed by atoms with Gasteiger partial charge >= 0.3 is 0 Å². The van der Waals surface area contributed by atoms with Gasteiger partial charge in [0, 0.05) is 18.0 Å². The first-order valence-corrected chi connectivity index (χ1v) is 9.67. The van der Waals surface area contributed by atoms with Gasteiger partial charge in [0.15, 0.2) is 0 Å². The molecular weight excluding hydrogens is 310 g/mol. The Morgan fingerprint density at radius 3 is 2.83 bits per heavy atom. The molecular formula is C18H27NO3S. The van der Waals surface area contributed by atoms with Gasteiger partial charge < -0.3 is 15.2 Å². The number of aliphatic hydroxyl groups excluding tert-OH is 1. The van der Waals surface area contributed by atoms with Crippen LogP contribution in [0.1, 0.15) is 49.8 Å². The fourth-order valence-corrected chi connectivity index (χ4v) is 4.37. The third-order valence-corrected chi connectivity index (χ3v) is 6.07. The number of amides is 1. The molecule has 1 aromatic rings. The molecule has 0 saturated heterocycles. The Morgan fingerprint density at radius 1 is 1.39 bits per heavy atom. The Bertz CT molecular complexity index is 492. The van der Waals surface area contributed by atoms with E-state index in [0.29, 0.717) is 12.5 Å². The Balaban J connectivity index is 1.51. The maximum atomic E-state index is 12.9. The molecule has 1 atom stereocenters. The smallest absolute Gasteiger partial charge is 0.231 e. The molecule has 23 heavy (non-hydrogen) atoms. The molecule has 5 heteroatoms. The molecule has 0 radical (unpaired) electrons. The van der Waals surface area contributed by atoms with E-state index in [0.717, 1.165) is 37.2 Å². The topological polar surface area (TPSA) is 58.6 Å². The molecule has 2 fully saturated rings. The molecule has 2 aliphatic carbocycles. The quantitative estimate of drug-likeness (QED) is 0.767. The molecule has 1 amide bonds. The van der Waals surface area contributed by atoms with E-state index in [2.05, 4.69) is 11.4 Å². The third-order valence-electron chi connectivity index (χ3n) is 4.99. The van der Waals surface area contributed by atoms with Crippen LogP contribution in [0.15, 0.2) is 17.5 Å². The highest BCUT2D eigenvalue weighted by molar-refractivity contribution is 7.10. The van der Waals surface area contributed by atoms with Crippen molar-refractivity contribution in [1.82, 2.24) is 5.32 Å². The summed E-state index contributed by atoms with van der Waals surface area (Å²) < 4.78 is 5.50. The Labute approximate surface area is 142 Å². The van der Waals surface area contributed by atoms with Gasteiger partial charge in [-0.2, -0.15) is 0 Å². The van der Waals surface area contributed by atoms with Crippen LogP contribution in [0.4, 0.5) is 0 Å². The number of aliphatic hydroxyl groups is 1. The normalized spacial score (nSPS) is 21.8. The standard InChI is InChI=1S/C18H27NO3S/c20-15(13-22-12-14-6-7-14)11-19-17(21)18(8-2-1-3-9-18)16-5-4-10-23-16/h4-5,10,14-15,20H,1-3,6-9,11-13H2,(H,19,21). The highest BCUT2D eigenvalue weighted by Crippen LogP contribution is 2.41. The first-order chi connectivity index (χ1) is 11.2. The first kappa shape index (κ1) is 16.9. The van der Waals surface area contributed by atoms with Gasteiger partial charge in [-0.1, -0.05) is 25.3 Å². The van der Waals surface area contributed by atoms with Gasteiger partial charge in [0.2, 0.25) is 5.91 Å². The Hall–Kier alpha value is -0.910. The number of hydrogen-bond acceptors (Lipinski definition) is 4. The molecule has 0 spiro atoms. The molecule has 2 aliphatic rings. The lowest BCUT2D eigenvalue weighted by Gasteiger charge is -2.35. The number of carbonyl (C=O) groups is 1. The highest BCUT2D eigenvalue weighted by atomic mass is 32.1. The lowest BCUT2D eigenvalue weighted by molar-refractivity contribution is -0.128. The van der Waals surface area contributed by atoms with E-state index in [-0.39, 0.29) is 17.9 Å². The van der Waals surface area contributed by atoms with Crippen LogP contribution in [0.3, 0.4) is 0 Å². The van der Waals surface area contributed by atoms with Crippen LogP contribution in [-0.2, 0) is 14.9 Å². The van der Waals surface area contributed by atoms with Crippen molar-refractivity contribution in [2.24, 2.45) is 5.92 Å². The van der Waals surface area contributed by atoms with Gasteiger partial charge in [0.1, 0.15) is 0 Å². The minimum atomic E-state index is -0.623. The lowest BCUT2D eigenvalue weighted by atomic mass is 9.72. The van der Waals surface area contributed by atoms with Gasteiger partial charge in [-0.05, 0) is 43.0 Å². The van der Waals surface area contributed by atoms with Crippen molar-refractivity contribution < 1.29 is 14.6 Å². The highest BCUT2D eigenvalue weighted by Gasteiger charge is 2.41. The van der Waals surface area contributed by atoms with Gasteiger partial charge in [-0.15, -0.1) is 11.3 Å². The van der Waals surface area contributed by atoms with E-state index < -0.39 is 6.10 Å². The summed E-state index contributed by atoms with van der Waals surface area (Å²) in [6.07, 6.45) is 7.09. The molecule has 1 unspecified atom stereocenters. The zero-order valence-corrected chi connectivity index (χ0v) is 14.4. The molecule has 0 aromatic carbocycles. The van der Waals surface area contributed by atoms with Crippen molar-refractivity contribution in [2.75, 3.05) is 19.8 Å². The van der Waals surface area contributed by atoms with Crippen molar-refractivity contribution in [3.8, 4) is 0 Å². The van der Waals surface area contributed by atoms with E-state index >= 15 is 0 Å². The van der Waals surface area contributed by atoms with Crippen molar-refractivity contribution in [2.45, 2.75) is 56.5 Å². The zero-order valence-electron chi connectivity index (χ0n) is 13.6. The average Bonchev–Trinajstić information content (AvgIpc) is 3.23. The second-order valence-electron chi connectivity index (χ2n) is 6.96. The van der Waals surface area contributed by atoms with Crippen LogP contribution in [0, 0.1) is 5.92 Å². The third kappa shape index (κ3) is 4.34. The van der Waals surface area contributed by atoms with Gasteiger partial charge in [-0.3, -0.25) is 4.79 Å². The van der Waals surface area contributed by atoms with Crippen LogP contribution in [0.5, 0.6) is 0 Å². The minimum Gasteiger partial charge on any atom is -0.389 e. The fourth-order valence-electron chi connectivity index (χ4n) is 3.39. The van der Waals surface area contributed by atoms with Crippen LogP contribution in [0.25, 0.3) is 0 Å². The van der Waals surface area contributed by atoms with Gasteiger partial charge in [0.25, 0.3) is 0 Å². The molecule has 0 bridgehead atoms. The van der Waals surface area contributed by atoms with Crippen LogP contribution < -0.4 is 5.32 Å². The summed E-state index contributed by atoms with van der Waals surface area (Å²) in [5.74, 6) is 0.766. The number of nitrogens with one attached hydrogen (secondary N) is 1. The number of hydrogen-bond donors (Lipinski definition) is 2. The van der Waals surface area contributed by atoms with Crippen molar-refractivity contribution in [1.29, 1.82) is 0 Å². The second-order valence-corrected chi connectivity index (χ2v) is 7.91. The molecule has 0 aliphatic heterocycles. The van der Waals surface area contributed by atoms with Crippen molar-refractivity contribution in [3.05, 3.63) is 22.4 Å². The van der Waals surface area contributed by atoms with E-state index in [9.17, 15) is 9.90 Å². The van der Waals surface area contributed by atoms with Crippen molar-refractivity contribution in [3.63, 3.8) is 0 Å². The van der Waals surface area contributed by atoms with Crippen molar-refractivity contribution >= 4 is 17.2 Å².